The monoisotopic (exact) mass is 758 g/mol. The van der Waals surface area contributed by atoms with Gasteiger partial charge in [-0.15, -0.1) is 0 Å². The van der Waals surface area contributed by atoms with Crippen LogP contribution < -0.4 is 33.2 Å². The molecule has 55 heavy (non-hydrogen) atoms. The fourth-order valence-corrected chi connectivity index (χ4v) is 7.28. The Morgan fingerprint density at radius 1 is 0.691 bits per heavy atom. The van der Waals surface area contributed by atoms with Crippen LogP contribution in [0.2, 0.25) is 0 Å². The van der Waals surface area contributed by atoms with Crippen molar-refractivity contribution in [1.29, 1.82) is 0 Å². The third-order valence-corrected chi connectivity index (χ3v) is 9.64. The fourth-order valence-electron chi connectivity index (χ4n) is 7.28. The van der Waals surface area contributed by atoms with Gasteiger partial charge in [0.1, 0.15) is 46.2 Å². The summed E-state index contributed by atoms with van der Waals surface area (Å²) in [6, 6.07) is 17.3. The van der Waals surface area contributed by atoms with E-state index in [0.29, 0.717) is 51.0 Å². The number of fused-ring (bicyclic) bond motifs is 2. The van der Waals surface area contributed by atoms with Gasteiger partial charge in [0.05, 0.1) is 48.6 Å². The lowest BCUT2D eigenvalue weighted by molar-refractivity contribution is -0.153. The lowest BCUT2D eigenvalue weighted by atomic mass is 9.76. The van der Waals surface area contributed by atoms with Gasteiger partial charge in [-0.2, -0.15) is 0 Å². The summed E-state index contributed by atoms with van der Waals surface area (Å²) in [6.07, 6.45) is -4.09. The molecule has 4 aromatic rings. The topological polar surface area (TPSA) is 164 Å². The molecule has 2 aliphatic rings. The summed E-state index contributed by atoms with van der Waals surface area (Å²) in [7, 11) is 8.56. The average molecular weight is 759 g/mol. The number of hydrogen-bond donors (Lipinski definition) is 1. The number of carbonyl (C=O) groups excluding carboxylic acids is 3. The molecule has 5 atom stereocenters. The van der Waals surface area contributed by atoms with E-state index < -0.39 is 54.0 Å². The zero-order valence-electron chi connectivity index (χ0n) is 31.6. The van der Waals surface area contributed by atoms with Gasteiger partial charge in [0.25, 0.3) is 0 Å². The molecule has 1 N–H and O–H groups in total. The molecule has 0 radical (unpaired) electrons. The van der Waals surface area contributed by atoms with E-state index in [2.05, 4.69) is 0 Å². The minimum absolute atomic E-state index is 0.0345. The first kappa shape index (κ1) is 38.4. The van der Waals surface area contributed by atoms with Crippen LogP contribution in [-0.4, -0.2) is 77.9 Å². The number of benzene rings is 4. The molecule has 0 aliphatic carbocycles. The second kappa shape index (κ2) is 16.0. The Morgan fingerprint density at radius 2 is 1.35 bits per heavy atom. The summed E-state index contributed by atoms with van der Waals surface area (Å²) in [5.74, 6) is -1.42. The van der Waals surface area contributed by atoms with Gasteiger partial charge < -0.3 is 52.5 Å². The van der Waals surface area contributed by atoms with Gasteiger partial charge in [-0.25, -0.2) is 4.79 Å². The molecule has 4 aromatic carbocycles. The van der Waals surface area contributed by atoms with Crippen LogP contribution in [0.5, 0.6) is 46.0 Å². The number of carbonyl (C=O) groups is 3. The van der Waals surface area contributed by atoms with E-state index in [0.717, 1.165) is 0 Å². The van der Waals surface area contributed by atoms with Crippen LogP contribution in [0.1, 0.15) is 70.1 Å². The molecule has 0 saturated carbocycles. The molecule has 0 spiro atoms. The molecule has 6 rings (SSSR count). The number of esters is 3. The van der Waals surface area contributed by atoms with E-state index in [-0.39, 0.29) is 29.0 Å². The van der Waals surface area contributed by atoms with E-state index >= 15 is 0 Å². The van der Waals surface area contributed by atoms with Crippen molar-refractivity contribution in [2.24, 2.45) is 0 Å². The molecule has 290 valence electrons. The van der Waals surface area contributed by atoms with Crippen molar-refractivity contribution in [3.63, 3.8) is 0 Å². The number of ether oxygens (including phenoxy) is 10. The third kappa shape index (κ3) is 7.19. The largest absolute Gasteiger partial charge is 0.506 e. The van der Waals surface area contributed by atoms with Crippen LogP contribution in [0.15, 0.2) is 60.7 Å². The average Bonchev–Trinajstić information content (AvgIpc) is 3.19. The molecule has 2 aliphatic heterocycles. The molecule has 0 aromatic heterocycles. The minimum atomic E-state index is -1.16. The molecule has 14 nitrogen and oxygen atoms in total. The van der Waals surface area contributed by atoms with Gasteiger partial charge in [0, 0.05) is 48.6 Å². The Bertz CT molecular complexity index is 2090. The molecular weight excluding hydrogens is 716 g/mol. The van der Waals surface area contributed by atoms with Crippen molar-refractivity contribution in [2.45, 2.75) is 50.6 Å². The first-order valence-corrected chi connectivity index (χ1v) is 17.2. The Labute approximate surface area is 317 Å². The quantitative estimate of drug-likeness (QED) is 0.139. The van der Waals surface area contributed by atoms with Gasteiger partial charge in [-0.05, 0) is 35.9 Å². The molecule has 0 unspecified atom stereocenters. The first-order valence-electron chi connectivity index (χ1n) is 17.2. The Hall–Kier alpha value is -6.31. The summed E-state index contributed by atoms with van der Waals surface area (Å²) in [5, 5.41) is 12.4. The van der Waals surface area contributed by atoms with Gasteiger partial charge in [-0.3, -0.25) is 9.59 Å². The highest BCUT2D eigenvalue weighted by Crippen LogP contribution is 2.58. The highest BCUT2D eigenvalue weighted by atomic mass is 16.6. The van der Waals surface area contributed by atoms with Crippen molar-refractivity contribution in [3.8, 4) is 46.0 Å². The SMILES string of the molecule is COC(=O)c1c(O)c([C@@H]2c3ccc(OC)cc3O[C@H](c3ccc(OC)cc3)[C@H]2OC(C)=O)c2c(c1OC)C[C@H](OC(C)=O)[C@@H](c1ccc(OC)c(OC)c1)O2. The van der Waals surface area contributed by atoms with Crippen molar-refractivity contribution < 1.29 is 66.9 Å². The predicted molar refractivity (Wildman–Crippen MR) is 195 cm³/mol. The van der Waals surface area contributed by atoms with Gasteiger partial charge in [-0.1, -0.05) is 24.3 Å². The van der Waals surface area contributed by atoms with Crippen molar-refractivity contribution in [3.05, 3.63) is 94.0 Å². The number of hydrogen-bond acceptors (Lipinski definition) is 14. The maximum Gasteiger partial charge on any atom is 0.345 e. The first-order chi connectivity index (χ1) is 26.5. The zero-order chi connectivity index (χ0) is 39.6. The van der Waals surface area contributed by atoms with Crippen LogP contribution in [0.3, 0.4) is 0 Å². The van der Waals surface area contributed by atoms with Crippen molar-refractivity contribution in [1.82, 2.24) is 0 Å². The molecule has 0 fully saturated rings. The number of rotatable bonds is 11. The zero-order valence-corrected chi connectivity index (χ0v) is 31.6. The van der Waals surface area contributed by atoms with Gasteiger partial charge in [0.2, 0.25) is 0 Å². The van der Waals surface area contributed by atoms with Gasteiger partial charge in [0.15, 0.2) is 29.8 Å². The molecule has 14 heteroatoms. The normalized spacial score (nSPS) is 19.6. The maximum absolute atomic E-state index is 13.6. The second-order valence-corrected chi connectivity index (χ2v) is 12.7. The predicted octanol–water partition coefficient (Wildman–Crippen LogP) is 6.03. The summed E-state index contributed by atoms with van der Waals surface area (Å²) >= 11 is 0. The number of phenolic OH excluding ortho intramolecular Hbond substituents is 1. The smallest absolute Gasteiger partial charge is 0.345 e. The van der Waals surface area contributed by atoms with Crippen molar-refractivity contribution in [2.75, 3.05) is 42.7 Å². The minimum Gasteiger partial charge on any atom is -0.506 e. The summed E-state index contributed by atoms with van der Waals surface area (Å²) < 4.78 is 58.4. The number of methoxy groups -OCH3 is 6. The summed E-state index contributed by atoms with van der Waals surface area (Å²) in [4.78, 5) is 39.2. The fraction of sp³-hybridized carbons (Fsp3) is 0.341. The van der Waals surface area contributed by atoms with Crippen LogP contribution in [0, 0.1) is 0 Å². The highest BCUT2D eigenvalue weighted by Gasteiger charge is 2.49. The standard InChI is InChI=1S/C41H42O14/c1-20(42)52-31-19-27-38(50-7)34(41(45)51-8)35(44)33(39(27)55-36(31)23-11-16-28(48-5)30(17-23)49-6)32-26-15-14-25(47-4)18-29(26)54-37(40(32)53-21(2)43)22-9-12-24(46-3)13-10-22/h9-18,31-32,36-37,40,44H,19H2,1-8H3/t31-,32-,36+,37+,40-/m0/s1. The van der Waals surface area contributed by atoms with E-state index in [4.69, 9.17) is 47.4 Å². The van der Waals surface area contributed by atoms with Crippen LogP contribution in [0.25, 0.3) is 0 Å². The van der Waals surface area contributed by atoms with E-state index in [1.54, 1.807) is 67.8 Å². The number of phenols is 1. The van der Waals surface area contributed by atoms with E-state index in [1.807, 2.05) is 0 Å². The summed E-state index contributed by atoms with van der Waals surface area (Å²) in [5.41, 5.74) is 1.69. The molecule has 0 amide bonds. The lowest BCUT2D eigenvalue weighted by Gasteiger charge is -2.42. The number of aromatic hydroxyl groups is 1. The second-order valence-electron chi connectivity index (χ2n) is 12.7. The van der Waals surface area contributed by atoms with Gasteiger partial charge >= 0.3 is 17.9 Å². The van der Waals surface area contributed by atoms with Crippen LogP contribution in [0.4, 0.5) is 0 Å². The molecule has 0 saturated heterocycles. The lowest BCUT2D eigenvalue weighted by Crippen LogP contribution is -2.40. The van der Waals surface area contributed by atoms with Crippen molar-refractivity contribution >= 4 is 17.9 Å². The van der Waals surface area contributed by atoms with E-state index in [1.165, 1.54) is 49.4 Å². The Morgan fingerprint density at radius 3 is 1.95 bits per heavy atom. The highest BCUT2D eigenvalue weighted by molar-refractivity contribution is 5.98. The van der Waals surface area contributed by atoms with Crippen LogP contribution >= 0.6 is 0 Å². The molecular formula is C41H42O14. The third-order valence-electron chi connectivity index (χ3n) is 9.64. The molecule has 2 heterocycles. The summed E-state index contributed by atoms with van der Waals surface area (Å²) in [6.45, 7) is 2.54. The Balaban J connectivity index is 1.68. The maximum atomic E-state index is 13.6. The van der Waals surface area contributed by atoms with Crippen LogP contribution in [-0.2, 0) is 30.2 Å². The molecule has 0 bridgehead atoms. The van der Waals surface area contributed by atoms with E-state index in [9.17, 15) is 19.5 Å². The Kier molecular flexibility index (Phi) is 11.2.